The number of carboxylic acid groups (broad SMARTS) is 1. The predicted molar refractivity (Wildman–Crippen MR) is 77.4 cm³/mol. The summed E-state index contributed by atoms with van der Waals surface area (Å²) in [6.07, 6.45) is 8.70. The van der Waals surface area contributed by atoms with Gasteiger partial charge in [0.1, 0.15) is 0 Å². The Morgan fingerprint density at radius 2 is 1.74 bits per heavy atom. The van der Waals surface area contributed by atoms with Gasteiger partial charge in [-0.2, -0.15) is 0 Å². The normalized spacial score (nSPS) is 18.8. The van der Waals surface area contributed by atoms with E-state index in [0.29, 0.717) is 12.3 Å². The van der Waals surface area contributed by atoms with E-state index < -0.39 is 5.97 Å². The Kier molecular flexibility index (Phi) is 5.00. The maximum absolute atomic E-state index is 10.9. The van der Waals surface area contributed by atoms with Crippen molar-refractivity contribution in [2.24, 2.45) is 5.92 Å². The quantitative estimate of drug-likeness (QED) is 0.815. The molecule has 0 saturated heterocycles. The van der Waals surface area contributed by atoms with E-state index in [1.54, 1.807) is 6.92 Å². The zero-order valence-corrected chi connectivity index (χ0v) is 11.8. The molecule has 0 aliphatic heterocycles. The summed E-state index contributed by atoms with van der Waals surface area (Å²) in [5.74, 6) is -0.301. The molecule has 1 saturated carbocycles. The molecule has 0 aromatic heterocycles. The summed E-state index contributed by atoms with van der Waals surface area (Å²) in [6, 6.07) is 8.64. The molecule has 104 valence electrons. The number of hydrogen-bond donors (Lipinski definition) is 1. The van der Waals surface area contributed by atoms with Crippen molar-refractivity contribution in [3.05, 3.63) is 35.4 Å². The van der Waals surface area contributed by atoms with E-state index in [4.69, 9.17) is 5.11 Å². The Bertz CT molecular complexity index is 400. The number of carboxylic acids is 1. The molecule has 0 heterocycles. The molecule has 1 N–H and O–H groups in total. The second-order valence-corrected chi connectivity index (χ2v) is 5.87. The van der Waals surface area contributed by atoms with Crippen molar-refractivity contribution in [1.29, 1.82) is 0 Å². The molecule has 1 aliphatic rings. The second kappa shape index (κ2) is 6.74. The Labute approximate surface area is 115 Å². The summed E-state index contributed by atoms with van der Waals surface area (Å²) >= 11 is 0. The lowest BCUT2D eigenvalue weighted by molar-refractivity contribution is -0.141. The second-order valence-electron chi connectivity index (χ2n) is 5.87. The minimum absolute atomic E-state index is 0.302. The average molecular weight is 260 g/mol. The highest BCUT2D eigenvalue weighted by molar-refractivity contribution is 5.69. The highest BCUT2D eigenvalue weighted by Crippen LogP contribution is 2.31. The zero-order valence-electron chi connectivity index (χ0n) is 11.8. The fraction of sp³-hybridized carbons (Fsp3) is 0.588. The zero-order chi connectivity index (χ0) is 13.7. The van der Waals surface area contributed by atoms with E-state index in [1.165, 1.54) is 44.1 Å². The van der Waals surface area contributed by atoms with Crippen molar-refractivity contribution in [3.8, 4) is 0 Å². The van der Waals surface area contributed by atoms with Gasteiger partial charge in [0.25, 0.3) is 0 Å². The predicted octanol–water partition coefficient (Wildman–Crippen LogP) is 4.39. The first-order chi connectivity index (χ1) is 9.16. The first-order valence-corrected chi connectivity index (χ1v) is 7.48. The molecule has 2 heteroatoms. The van der Waals surface area contributed by atoms with E-state index in [-0.39, 0.29) is 5.92 Å². The first-order valence-electron chi connectivity index (χ1n) is 7.48. The molecule has 0 amide bonds. The number of aliphatic carboxylic acids is 1. The number of carbonyl (C=O) groups is 1. The van der Waals surface area contributed by atoms with Gasteiger partial charge in [-0.15, -0.1) is 0 Å². The van der Waals surface area contributed by atoms with Crippen molar-refractivity contribution in [3.63, 3.8) is 0 Å². The van der Waals surface area contributed by atoms with Crippen LogP contribution in [0.5, 0.6) is 0 Å². The lowest BCUT2D eigenvalue weighted by Crippen LogP contribution is -2.12. The van der Waals surface area contributed by atoms with E-state index >= 15 is 0 Å². The third kappa shape index (κ3) is 4.09. The summed E-state index contributed by atoms with van der Waals surface area (Å²) in [4.78, 5) is 10.9. The highest BCUT2D eigenvalue weighted by atomic mass is 16.4. The van der Waals surface area contributed by atoms with Crippen LogP contribution in [0.15, 0.2) is 24.3 Å². The largest absolute Gasteiger partial charge is 0.481 e. The van der Waals surface area contributed by atoms with Crippen LogP contribution in [0.25, 0.3) is 0 Å². The molecule has 1 aromatic carbocycles. The van der Waals surface area contributed by atoms with Crippen molar-refractivity contribution < 1.29 is 9.90 Å². The monoisotopic (exact) mass is 260 g/mol. The topological polar surface area (TPSA) is 37.3 Å². The molecule has 0 spiro atoms. The van der Waals surface area contributed by atoms with Crippen LogP contribution in [0.3, 0.4) is 0 Å². The third-order valence-corrected chi connectivity index (χ3v) is 4.27. The standard InChI is InChI=1S/C17H24O2/c1-13(17(18)19)12-14-8-10-16(11-9-14)15-6-4-2-3-5-7-15/h8-11,13,15H,2-7,12H2,1H3,(H,18,19). The molecule has 0 radical (unpaired) electrons. The van der Waals surface area contributed by atoms with Crippen LogP contribution in [0.2, 0.25) is 0 Å². The van der Waals surface area contributed by atoms with Crippen molar-refractivity contribution in [2.75, 3.05) is 0 Å². The van der Waals surface area contributed by atoms with Gasteiger partial charge in [0.05, 0.1) is 5.92 Å². The number of rotatable bonds is 4. The average Bonchev–Trinajstić information content (AvgIpc) is 2.68. The lowest BCUT2D eigenvalue weighted by Gasteiger charge is -2.15. The minimum atomic E-state index is -0.715. The summed E-state index contributed by atoms with van der Waals surface area (Å²) in [5, 5.41) is 8.93. The van der Waals surface area contributed by atoms with Gasteiger partial charge in [-0.3, -0.25) is 4.79 Å². The Hall–Kier alpha value is -1.31. The smallest absolute Gasteiger partial charge is 0.306 e. The molecule has 19 heavy (non-hydrogen) atoms. The molecule has 2 rings (SSSR count). The van der Waals surface area contributed by atoms with Gasteiger partial charge in [0.15, 0.2) is 0 Å². The maximum atomic E-state index is 10.9. The van der Waals surface area contributed by atoms with Gasteiger partial charge < -0.3 is 5.11 Å². The van der Waals surface area contributed by atoms with Crippen LogP contribution >= 0.6 is 0 Å². The Morgan fingerprint density at radius 1 is 1.16 bits per heavy atom. The number of benzene rings is 1. The van der Waals surface area contributed by atoms with Crippen LogP contribution < -0.4 is 0 Å². The first kappa shape index (κ1) is 14.1. The van der Waals surface area contributed by atoms with Gasteiger partial charge in [0, 0.05) is 0 Å². The third-order valence-electron chi connectivity index (χ3n) is 4.27. The van der Waals surface area contributed by atoms with Crippen LogP contribution in [-0.2, 0) is 11.2 Å². The van der Waals surface area contributed by atoms with Crippen LogP contribution in [-0.4, -0.2) is 11.1 Å². The van der Waals surface area contributed by atoms with Crippen molar-refractivity contribution in [1.82, 2.24) is 0 Å². The molecular weight excluding hydrogens is 236 g/mol. The summed E-state index contributed by atoms with van der Waals surface area (Å²) < 4.78 is 0. The summed E-state index contributed by atoms with van der Waals surface area (Å²) in [7, 11) is 0. The molecule has 1 atom stereocenters. The van der Waals surface area contributed by atoms with E-state index in [2.05, 4.69) is 24.3 Å². The Morgan fingerprint density at radius 3 is 2.26 bits per heavy atom. The summed E-state index contributed by atoms with van der Waals surface area (Å²) in [6.45, 7) is 1.77. The fourth-order valence-corrected chi connectivity index (χ4v) is 2.98. The summed E-state index contributed by atoms with van der Waals surface area (Å²) in [5.41, 5.74) is 2.57. The van der Waals surface area contributed by atoms with E-state index in [1.807, 2.05) is 0 Å². The van der Waals surface area contributed by atoms with Crippen molar-refractivity contribution in [2.45, 2.75) is 57.8 Å². The fourth-order valence-electron chi connectivity index (χ4n) is 2.98. The molecular formula is C17H24O2. The molecule has 0 bridgehead atoms. The van der Waals surface area contributed by atoms with Crippen LogP contribution in [0, 0.1) is 5.92 Å². The van der Waals surface area contributed by atoms with Crippen LogP contribution in [0.4, 0.5) is 0 Å². The van der Waals surface area contributed by atoms with Gasteiger partial charge in [-0.05, 0) is 36.3 Å². The molecule has 1 aromatic rings. The maximum Gasteiger partial charge on any atom is 0.306 e. The molecule has 2 nitrogen and oxygen atoms in total. The SMILES string of the molecule is CC(Cc1ccc(C2CCCCCC2)cc1)C(=O)O. The molecule has 1 aliphatic carbocycles. The lowest BCUT2D eigenvalue weighted by atomic mass is 9.90. The van der Waals surface area contributed by atoms with Gasteiger partial charge in [-0.1, -0.05) is 56.9 Å². The molecule has 1 unspecified atom stereocenters. The van der Waals surface area contributed by atoms with Gasteiger partial charge in [-0.25, -0.2) is 0 Å². The van der Waals surface area contributed by atoms with Gasteiger partial charge in [0.2, 0.25) is 0 Å². The Balaban J connectivity index is 1.99. The van der Waals surface area contributed by atoms with Crippen LogP contribution in [0.1, 0.15) is 62.5 Å². The minimum Gasteiger partial charge on any atom is -0.481 e. The van der Waals surface area contributed by atoms with Gasteiger partial charge >= 0.3 is 5.97 Å². The molecule has 1 fully saturated rings. The van der Waals surface area contributed by atoms with E-state index in [9.17, 15) is 4.79 Å². The van der Waals surface area contributed by atoms with E-state index in [0.717, 1.165) is 5.56 Å². The highest BCUT2D eigenvalue weighted by Gasteiger charge is 2.15. The van der Waals surface area contributed by atoms with Crippen molar-refractivity contribution >= 4 is 5.97 Å². The number of hydrogen-bond acceptors (Lipinski definition) is 1.